The van der Waals surface area contributed by atoms with Gasteiger partial charge in [0.25, 0.3) is 0 Å². The summed E-state index contributed by atoms with van der Waals surface area (Å²) in [5.41, 5.74) is 1.59. The fourth-order valence-electron chi connectivity index (χ4n) is 1.30. The Morgan fingerprint density at radius 2 is 2.24 bits per heavy atom. The van der Waals surface area contributed by atoms with Crippen LogP contribution in [0.25, 0.3) is 0 Å². The molecule has 1 rings (SSSR count). The van der Waals surface area contributed by atoms with Crippen LogP contribution in [0.15, 0.2) is 18.2 Å². The number of hydrogen-bond acceptors (Lipinski definition) is 2. The number of rotatable bonds is 4. The number of carbonyl (C=O) groups is 1. The number of aliphatic hydroxyl groups is 1. The van der Waals surface area contributed by atoms with Gasteiger partial charge in [0.05, 0.1) is 12.6 Å². The highest BCUT2D eigenvalue weighted by atomic mass is 35.5. The Bertz CT molecular complexity index is 392. The van der Waals surface area contributed by atoms with Gasteiger partial charge in [-0.2, -0.15) is 0 Å². The van der Waals surface area contributed by atoms with Gasteiger partial charge in [0.2, 0.25) is 0 Å². The lowest BCUT2D eigenvalue weighted by atomic mass is 10.2. The Morgan fingerprint density at radius 1 is 1.53 bits per heavy atom. The molecule has 0 aliphatic rings. The summed E-state index contributed by atoms with van der Waals surface area (Å²) in [6.45, 7) is 3.72. The summed E-state index contributed by atoms with van der Waals surface area (Å²) in [7, 11) is 0. The number of halogens is 1. The summed E-state index contributed by atoms with van der Waals surface area (Å²) in [6, 6.07) is 4.74. The van der Waals surface area contributed by atoms with E-state index in [1.807, 2.05) is 19.9 Å². The minimum Gasteiger partial charge on any atom is -0.394 e. The second-order valence-corrected chi connectivity index (χ2v) is 4.26. The minimum atomic E-state index is -0.342. The first-order chi connectivity index (χ1) is 8.06. The largest absolute Gasteiger partial charge is 0.394 e. The maximum Gasteiger partial charge on any atom is 0.319 e. The van der Waals surface area contributed by atoms with Crippen molar-refractivity contribution in [2.24, 2.45) is 0 Å². The molecule has 17 heavy (non-hydrogen) atoms. The van der Waals surface area contributed by atoms with Gasteiger partial charge in [0, 0.05) is 10.7 Å². The summed E-state index contributed by atoms with van der Waals surface area (Å²) in [6.07, 6.45) is 0.679. The van der Waals surface area contributed by atoms with Crippen molar-refractivity contribution in [2.45, 2.75) is 26.3 Å². The normalized spacial score (nSPS) is 12.0. The molecular weight excluding hydrogens is 240 g/mol. The van der Waals surface area contributed by atoms with E-state index in [9.17, 15) is 4.79 Å². The van der Waals surface area contributed by atoms with Gasteiger partial charge in [-0.25, -0.2) is 4.79 Å². The molecule has 4 nitrogen and oxygen atoms in total. The average molecular weight is 257 g/mol. The van der Waals surface area contributed by atoms with E-state index in [2.05, 4.69) is 10.6 Å². The third kappa shape index (κ3) is 4.24. The highest BCUT2D eigenvalue weighted by molar-refractivity contribution is 6.31. The second kappa shape index (κ2) is 6.47. The number of aliphatic hydroxyl groups excluding tert-OH is 1. The fourth-order valence-corrected chi connectivity index (χ4v) is 1.48. The Hall–Kier alpha value is -1.26. The number of benzene rings is 1. The van der Waals surface area contributed by atoms with E-state index in [0.717, 1.165) is 5.56 Å². The molecule has 1 aromatic rings. The first-order valence-electron chi connectivity index (χ1n) is 5.51. The smallest absolute Gasteiger partial charge is 0.319 e. The van der Waals surface area contributed by atoms with Gasteiger partial charge < -0.3 is 15.7 Å². The molecule has 94 valence electrons. The lowest BCUT2D eigenvalue weighted by molar-refractivity contribution is 0.222. The standard InChI is InChI=1S/C12H17ClN2O2/c1-3-9(7-16)14-12(17)15-10-5-4-8(2)11(13)6-10/h4-6,9,16H,3,7H2,1-2H3,(H2,14,15,17)/t9-/m0/s1. The van der Waals surface area contributed by atoms with Crippen LogP contribution in [0.3, 0.4) is 0 Å². The Kier molecular flexibility index (Phi) is 5.25. The fraction of sp³-hybridized carbons (Fsp3) is 0.417. The Labute approximate surface area is 106 Å². The third-order valence-electron chi connectivity index (χ3n) is 2.48. The molecule has 3 N–H and O–H groups in total. The van der Waals surface area contributed by atoms with Crippen LogP contribution < -0.4 is 10.6 Å². The molecule has 0 spiro atoms. The van der Waals surface area contributed by atoms with Crippen LogP contribution in [0.5, 0.6) is 0 Å². The van der Waals surface area contributed by atoms with Crippen molar-refractivity contribution in [1.82, 2.24) is 5.32 Å². The highest BCUT2D eigenvalue weighted by Gasteiger charge is 2.09. The highest BCUT2D eigenvalue weighted by Crippen LogP contribution is 2.19. The van der Waals surface area contributed by atoms with Crippen LogP contribution >= 0.6 is 11.6 Å². The van der Waals surface area contributed by atoms with Crippen molar-refractivity contribution in [3.05, 3.63) is 28.8 Å². The summed E-state index contributed by atoms with van der Waals surface area (Å²) >= 11 is 5.95. The SMILES string of the molecule is CC[C@@H](CO)NC(=O)Nc1ccc(C)c(Cl)c1. The van der Waals surface area contributed by atoms with E-state index in [-0.39, 0.29) is 18.7 Å². The van der Waals surface area contributed by atoms with Crippen LogP contribution in [0, 0.1) is 6.92 Å². The lowest BCUT2D eigenvalue weighted by Gasteiger charge is -2.15. The molecule has 0 aliphatic carbocycles. The topological polar surface area (TPSA) is 61.4 Å². The molecule has 0 unspecified atom stereocenters. The Balaban J connectivity index is 2.58. The Morgan fingerprint density at radius 3 is 2.76 bits per heavy atom. The molecule has 5 heteroatoms. The van der Waals surface area contributed by atoms with Crippen LogP contribution in [0.4, 0.5) is 10.5 Å². The number of nitrogens with one attached hydrogen (secondary N) is 2. The maximum atomic E-state index is 11.6. The van der Waals surface area contributed by atoms with Crippen LogP contribution in [-0.4, -0.2) is 23.8 Å². The minimum absolute atomic E-state index is 0.0709. The average Bonchev–Trinajstić information content (AvgIpc) is 2.31. The number of aryl methyl sites for hydroxylation is 1. The zero-order chi connectivity index (χ0) is 12.8. The molecule has 0 bridgehead atoms. The van der Waals surface area contributed by atoms with E-state index in [1.165, 1.54) is 0 Å². The van der Waals surface area contributed by atoms with Crippen LogP contribution in [0.2, 0.25) is 5.02 Å². The third-order valence-corrected chi connectivity index (χ3v) is 2.89. The van der Waals surface area contributed by atoms with E-state index in [1.54, 1.807) is 12.1 Å². The molecule has 2 amide bonds. The molecule has 0 radical (unpaired) electrons. The lowest BCUT2D eigenvalue weighted by Crippen LogP contribution is -2.39. The van der Waals surface area contributed by atoms with Crippen molar-refractivity contribution < 1.29 is 9.90 Å². The molecule has 0 heterocycles. The molecular formula is C12H17ClN2O2. The number of amides is 2. The van der Waals surface area contributed by atoms with E-state index in [0.29, 0.717) is 17.1 Å². The van der Waals surface area contributed by atoms with Crippen molar-refractivity contribution in [2.75, 3.05) is 11.9 Å². The predicted octanol–water partition coefficient (Wildman–Crippen LogP) is 2.54. The van der Waals surface area contributed by atoms with Crippen molar-refractivity contribution in [3.63, 3.8) is 0 Å². The summed E-state index contributed by atoms with van der Waals surface area (Å²) < 4.78 is 0. The summed E-state index contributed by atoms with van der Waals surface area (Å²) in [5.74, 6) is 0. The van der Waals surface area contributed by atoms with Gasteiger partial charge in [0.1, 0.15) is 0 Å². The summed E-state index contributed by atoms with van der Waals surface area (Å²) in [4.78, 5) is 11.6. The van der Waals surface area contributed by atoms with Crippen LogP contribution in [0.1, 0.15) is 18.9 Å². The van der Waals surface area contributed by atoms with Gasteiger partial charge in [-0.1, -0.05) is 24.6 Å². The zero-order valence-electron chi connectivity index (χ0n) is 9.96. The zero-order valence-corrected chi connectivity index (χ0v) is 10.7. The molecule has 1 atom stereocenters. The molecule has 0 saturated carbocycles. The van der Waals surface area contributed by atoms with Crippen molar-refractivity contribution in [3.8, 4) is 0 Å². The van der Waals surface area contributed by atoms with Gasteiger partial charge >= 0.3 is 6.03 Å². The first kappa shape index (κ1) is 13.8. The van der Waals surface area contributed by atoms with Gasteiger partial charge in [0.15, 0.2) is 0 Å². The monoisotopic (exact) mass is 256 g/mol. The van der Waals surface area contributed by atoms with Crippen LogP contribution in [-0.2, 0) is 0 Å². The predicted molar refractivity (Wildman–Crippen MR) is 69.5 cm³/mol. The van der Waals surface area contributed by atoms with Gasteiger partial charge in [-0.15, -0.1) is 0 Å². The molecule has 0 aliphatic heterocycles. The first-order valence-corrected chi connectivity index (χ1v) is 5.89. The molecule has 0 fully saturated rings. The van der Waals surface area contributed by atoms with E-state index >= 15 is 0 Å². The molecule has 1 aromatic carbocycles. The molecule has 0 saturated heterocycles. The number of hydrogen-bond donors (Lipinski definition) is 3. The van der Waals surface area contributed by atoms with Gasteiger partial charge in [-0.3, -0.25) is 0 Å². The maximum absolute atomic E-state index is 11.6. The van der Waals surface area contributed by atoms with Crippen molar-refractivity contribution in [1.29, 1.82) is 0 Å². The van der Waals surface area contributed by atoms with E-state index in [4.69, 9.17) is 16.7 Å². The number of anilines is 1. The van der Waals surface area contributed by atoms with Crippen molar-refractivity contribution >= 4 is 23.3 Å². The summed E-state index contributed by atoms with van der Waals surface area (Å²) in [5, 5.41) is 14.9. The quantitative estimate of drug-likeness (QED) is 0.775. The molecule has 0 aromatic heterocycles. The second-order valence-electron chi connectivity index (χ2n) is 3.85. The van der Waals surface area contributed by atoms with Gasteiger partial charge in [-0.05, 0) is 31.0 Å². The number of carbonyl (C=O) groups excluding carboxylic acids is 1. The number of urea groups is 1. The van der Waals surface area contributed by atoms with E-state index < -0.39 is 0 Å².